The first-order valence-electron chi connectivity index (χ1n) is 12.5. The van der Waals surface area contributed by atoms with E-state index in [0.717, 1.165) is 73.4 Å². The maximum atomic E-state index is 10.9. The third-order valence-corrected chi connectivity index (χ3v) is 6.30. The molecule has 1 amide bonds. The predicted molar refractivity (Wildman–Crippen MR) is 143 cm³/mol. The van der Waals surface area contributed by atoms with E-state index >= 15 is 0 Å². The van der Waals surface area contributed by atoms with Crippen molar-refractivity contribution in [3.63, 3.8) is 0 Å². The van der Waals surface area contributed by atoms with E-state index in [0.29, 0.717) is 11.6 Å². The first-order chi connectivity index (χ1) is 17.8. The van der Waals surface area contributed by atoms with Gasteiger partial charge in [0, 0.05) is 62.1 Å². The quantitative estimate of drug-likeness (QED) is 0.364. The van der Waals surface area contributed by atoms with Crippen molar-refractivity contribution in [3.05, 3.63) is 66.6 Å². The van der Waals surface area contributed by atoms with Gasteiger partial charge in [0.1, 0.15) is 5.75 Å². The van der Waals surface area contributed by atoms with Crippen molar-refractivity contribution < 1.29 is 14.6 Å². The predicted octanol–water partition coefficient (Wildman–Crippen LogP) is 4.25. The first kappa shape index (κ1) is 26.2. The molecule has 3 aromatic heterocycles. The molecule has 0 unspecified atom stereocenters. The van der Waals surface area contributed by atoms with Crippen LogP contribution in [0, 0.1) is 0 Å². The lowest BCUT2D eigenvalue weighted by Gasteiger charge is -2.32. The fourth-order valence-corrected chi connectivity index (χ4v) is 3.69. The Morgan fingerprint density at radius 2 is 1.86 bits per heavy atom. The Morgan fingerprint density at radius 3 is 2.49 bits per heavy atom. The molecule has 0 spiro atoms. The van der Waals surface area contributed by atoms with Gasteiger partial charge in [-0.3, -0.25) is 19.8 Å². The average molecular weight is 503 g/mol. The Balaban J connectivity index is 0.000000480. The summed E-state index contributed by atoms with van der Waals surface area (Å²) in [6.07, 6.45) is 5.22. The standard InChI is InChI=1S/C23H22N6O2.C5H12O/c30-16-29-11-9-28(10-12-29)15-19-3-1-17-13-20(4-5-21(17)26-19)31-23-6-2-18(14-24-23)22-7-8-25-27-22;1-4-5(2,3)6/h1-8,13-14,16H,9-12,15H2,(H,25,27);6H,4H2,1-3H3. The van der Waals surface area contributed by atoms with Crippen LogP contribution in [0.4, 0.5) is 0 Å². The Kier molecular flexibility index (Phi) is 8.47. The summed E-state index contributed by atoms with van der Waals surface area (Å²) in [5.74, 6) is 1.25. The average Bonchev–Trinajstić information content (AvgIpc) is 3.45. The molecule has 1 aliphatic heterocycles. The van der Waals surface area contributed by atoms with Gasteiger partial charge in [0.2, 0.25) is 12.3 Å². The minimum atomic E-state index is -0.458. The molecule has 0 aliphatic carbocycles. The molecule has 4 aromatic rings. The number of hydrogen-bond donors (Lipinski definition) is 2. The van der Waals surface area contributed by atoms with E-state index in [9.17, 15) is 4.79 Å². The SMILES string of the molecule is CCC(C)(C)O.O=CN1CCN(Cc2ccc3cc(Oc4ccc(-c5ccn[nH]5)cn4)ccc3n2)CC1. The summed E-state index contributed by atoms with van der Waals surface area (Å²) in [4.78, 5) is 24.2. The van der Waals surface area contributed by atoms with Gasteiger partial charge >= 0.3 is 0 Å². The summed E-state index contributed by atoms with van der Waals surface area (Å²) in [6.45, 7) is 9.63. The zero-order valence-corrected chi connectivity index (χ0v) is 21.6. The number of fused-ring (bicyclic) bond motifs is 1. The molecular formula is C28H34N6O3. The van der Waals surface area contributed by atoms with E-state index in [-0.39, 0.29) is 0 Å². The monoisotopic (exact) mass is 502 g/mol. The molecule has 2 N–H and O–H groups in total. The molecule has 0 saturated carbocycles. The third-order valence-electron chi connectivity index (χ3n) is 6.30. The van der Waals surface area contributed by atoms with Gasteiger partial charge in [0.15, 0.2) is 0 Å². The normalized spacial score (nSPS) is 14.2. The van der Waals surface area contributed by atoms with Crippen LogP contribution in [-0.2, 0) is 11.3 Å². The molecular weight excluding hydrogens is 468 g/mol. The van der Waals surface area contributed by atoms with Crippen molar-refractivity contribution in [1.82, 2.24) is 30.0 Å². The third kappa shape index (κ3) is 7.58. The van der Waals surface area contributed by atoms with Crippen molar-refractivity contribution >= 4 is 17.3 Å². The van der Waals surface area contributed by atoms with E-state index in [1.54, 1.807) is 26.2 Å². The molecule has 0 atom stereocenters. The van der Waals surface area contributed by atoms with Crippen LogP contribution in [0.2, 0.25) is 0 Å². The number of carbonyl (C=O) groups excluding carboxylic acids is 1. The number of piperazine rings is 1. The van der Waals surface area contributed by atoms with Gasteiger partial charge in [-0.1, -0.05) is 13.0 Å². The lowest BCUT2D eigenvalue weighted by atomic mass is 10.1. The zero-order chi connectivity index (χ0) is 26.3. The van der Waals surface area contributed by atoms with Crippen LogP contribution in [0.25, 0.3) is 22.2 Å². The van der Waals surface area contributed by atoms with Gasteiger partial charge in [-0.2, -0.15) is 5.10 Å². The highest BCUT2D eigenvalue weighted by Gasteiger charge is 2.16. The Hall–Kier alpha value is -3.82. The van der Waals surface area contributed by atoms with E-state index in [1.807, 2.05) is 48.2 Å². The molecule has 1 aromatic carbocycles. The summed E-state index contributed by atoms with van der Waals surface area (Å²) in [7, 11) is 0. The van der Waals surface area contributed by atoms with Crippen molar-refractivity contribution in [3.8, 4) is 22.9 Å². The Morgan fingerprint density at radius 1 is 1.08 bits per heavy atom. The Labute approximate surface area is 217 Å². The summed E-state index contributed by atoms with van der Waals surface area (Å²) in [5.41, 5.74) is 3.36. The van der Waals surface area contributed by atoms with Crippen molar-refractivity contribution in [2.45, 2.75) is 39.3 Å². The molecule has 4 heterocycles. The number of hydrogen-bond acceptors (Lipinski definition) is 7. The lowest BCUT2D eigenvalue weighted by Crippen LogP contribution is -2.45. The van der Waals surface area contributed by atoms with Crippen LogP contribution in [0.15, 0.2) is 60.9 Å². The van der Waals surface area contributed by atoms with Gasteiger partial charge in [-0.25, -0.2) is 4.98 Å². The topological polar surface area (TPSA) is 107 Å². The highest BCUT2D eigenvalue weighted by molar-refractivity contribution is 5.80. The molecule has 5 rings (SSSR count). The Bertz CT molecular complexity index is 1280. The number of nitrogens with one attached hydrogen (secondary N) is 1. The van der Waals surface area contributed by atoms with Gasteiger partial charge < -0.3 is 14.7 Å². The van der Waals surface area contributed by atoms with E-state index in [4.69, 9.17) is 14.8 Å². The number of aromatic amines is 1. The largest absolute Gasteiger partial charge is 0.439 e. The molecule has 194 valence electrons. The van der Waals surface area contributed by atoms with Gasteiger partial charge in [0.05, 0.1) is 22.5 Å². The minimum absolute atomic E-state index is 0.458. The number of aliphatic hydroxyl groups is 1. The number of benzene rings is 1. The second kappa shape index (κ2) is 11.9. The van der Waals surface area contributed by atoms with Crippen LogP contribution in [0.5, 0.6) is 11.6 Å². The van der Waals surface area contributed by atoms with Crippen molar-refractivity contribution in [1.29, 1.82) is 0 Å². The summed E-state index contributed by atoms with van der Waals surface area (Å²) in [6, 6.07) is 15.7. The molecule has 0 bridgehead atoms. The number of aromatic nitrogens is 4. The molecule has 1 aliphatic rings. The lowest BCUT2D eigenvalue weighted by molar-refractivity contribution is -0.119. The van der Waals surface area contributed by atoms with Gasteiger partial charge in [-0.15, -0.1) is 0 Å². The fourth-order valence-electron chi connectivity index (χ4n) is 3.69. The molecule has 9 nitrogen and oxygen atoms in total. The highest BCUT2D eigenvalue weighted by atomic mass is 16.5. The number of nitrogens with zero attached hydrogens (tertiary/aromatic N) is 5. The second-order valence-electron chi connectivity index (χ2n) is 9.70. The maximum Gasteiger partial charge on any atom is 0.219 e. The van der Waals surface area contributed by atoms with Crippen molar-refractivity contribution in [2.75, 3.05) is 26.2 Å². The minimum Gasteiger partial charge on any atom is -0.439 e. The van der Waals surface area contributed by atoms with Crippen LogP contribution in [0.3, 0.4) is 0 Å². The number of carbonyl (C=O) groups is 1. The molecule has 9 heteroatoms. The van der Waals surface area contributed by atoms with Gasteiger partial charge in [0.25, 0.3) is 0 Å². The molecule has 1 fully saturated rings. The van der Waals surface area contributed by atoms with Crippen molar-refractivity contribution in [2.24, 2.45) is 0 Å². The number of H-pyrrole nitrogens is 1. The highest BCUT2D eigenvalue weighted by Crippen LogP contribution is 2.26. The van der Waals surface area contributed by atoms with Crippen LogP contribution in [0.1, 0.15) is 32.9 Å². The maximum absolute atomic E-state index is 10.9. The summed E-state index contributed by atoms with van der Waals surface area (Å²) in [5, 5.41) is 16.7. The summed E-state index contributed by atoms with van der Waals surface area (Å²) < 4.78 is 5.93. The first-order valence-corrected chi connectivity index (χ1v) is 12.5. The second-order valence-corrected chi connectivity index (χ2v) is 9.70. The summed E-state index contributed by atoms with van der Waals surface area (Å²) >= 11 is 0. The van der Waals surface area contributed by atoms with Crippen LogP contribution in [-0.4, -0.2) is 73.3 Å². The van der Waals surface area contributed by atoms with Crippen LogP contribution >= 0.6 is 0 Å². The van der Waals surface area contributed by atoms with E-state index in [1.165, 1.54) is 0 Å². The van der Waals surface area contributed by atoms with E-state index in [2.05, 4.69) is 32.2 Å². The van der Waals surface area contributed by atoms with Crippen LogP contribution < -0.4 is 4.74 Å². The smallest absolute Gasteiger partial charge is 0.219 e. The number of amides is 1. The fraction of sp³-hybridized carbons (Fsp3) is 0.357. The molecule has 0 radical (unpaired) electrons. The van der Waals surface area contributed by atoms with Gasteiger partial charge in [-0.05, 0) is 56.7 Å². The zero-order valence-electron chi connectivity index (χ0n) is 21.6. The number of ether oxygens (including phenoxy) is 1. The number of pyridine rings is 2. The number of rotatable bonds is 7. The molecule has 1 saturated heterocycles. The molecule has 37 heavy (non-hydrogen) atoms. The van der Waals surface area contributed by atoms with E-state index < -0.39 is 5.60 Å².